The Morgan fingerprint density at radius 2 is 1.80 bits per heavy atom. The molecule has 1 amide bonds. The first-order valence-electron chi connectivity index (χ1n) is 9.92. The molecule has 0 atom stereocenters. The second-order valence-corrected chi connectivity index (χ2v) is 6.86. The van der Waals surface area contributed by atoms with Gasteiger partial charge >= 0.3 is 0 Å². The number of amides is 1. The molecule has 0 saturated heterocycles. The highest BCUT2D eigenvalue weighted by Crippen LogP contribution is 2.24. The summed E-state index contributed by atoms with van der Waals surface area (Å²) in [6.45, 7) is 1.43. The number of hydrogen-bond acceptors (Lipinski definition) is 3. The monoisotopic (exact) mass is 397 g/mol. The molecule has 0 saturated carbocycles. The minimum atomic E-state index is -0.118. The van der Waals surface area contributed by atoms with Gasteiger partial charge in [-0.1, -0.05) is 48.5 Å². The van der Waals surface area contributed by atoms with Crippen LogP contribution in [0.3, 0.4) is 0 Å². The summed E-state index contributed by atoms with van der Waals surface area (Å²) in [6.07, 6.45) is 11.6. The Morgan fingerprint density at radius 3 is 2.53 bits per heavy atom. The van der Waals surface area contributed by atoms with Crippen LogP contribution in [0.2, 0.25) is 0 Å². The molecule has 0 unspecified atom stereocenters. The van der Waals surface area contributed by atoms with Gasteiger partial charge in [-0.2, -0.15) is 5.10 Å². The molecule has 4 aromatic rings. The normalized spacial score (nSPS) is 11.1. The van der Waals surface area contributed by atoms with Gasteiger partial charge in [-0.3, -0.25) is 4.79 Å². The topological polar surface area (TPSA) is 64.7 Å². The van der Waals surface area contributed by atoms with Crippen LogP contribution in [0.5, 0.6) is 0 Å². The Morgan fingerprint density at radius 1 is 1.03 bits per heavy atom. The van der Waals surface area contributed by atoms with Crippen LogP contribution in [0.25, 0.3) is 23.0 Å². The zero-order valence-corrected chi connectivity index (χ0v) is 16.6. The second kappa shape index (κ2) is 9.52. The Hall–Kier alpha value is -3.93. The van der Waals surface area contributed by atoms with Gasteiger partial charge < -0.3 is 9.88 Å². The number of aryl methyl sites for hydroxylation is 1. The van der Waals surface area contributed by atoms with E-state index in [4.69, 9.17) is 5.10 Å². The number of rotatable bonds is 8. The summed E-state index contributed by atoms with van der Waals surface area (Å²) in [6, 6.07) is 19.9. The number of carbonyl (C=O) groups excluding carboxylic acids is 1. The average molecular weight is 397 g/mol. The molecule has 0 radical (unpaired) electrons. The molecule has 0 bridgehead atoms. The minimum Gasteiger partial charge on any atom is -0.352 e. The van der Waals surface area contributed by atoms with Gasteiger partial charge in [-0.25, -0.2) is 9.67 Å². The number of carbonyl (C=O) groups is 1. The maximum atomic E-state index is 12.3. The highest BCUT2D eigenvalue weighted by Gasteiger charge is 2.10. The van der Waals surface area contributed by atoms with Crippen LogP contribution in [0.15, 0.2) is 91.7 Å². The van der Waals surface area contributed by atoms with E-state index in [0.29, 0.717) is 6.54 Å². The van der Waals surface area contributed by atoms with Gasteiger partial charge in [-0.05, 0) is 24.6 Å². The van der Waals surface area contributed by atoms with E-state index in [1.165, 1.54) is 0 Å². The van der Waals surface area contributed by atoms with Crippen molar-refractivity contribution in [1.29, 1.82) is 0 Å². The number of nitrogens with zero attached hydrogens (tertiary/aromatic N) is 4. The van der Waals surface area contributed by atoms with Crippen LogP contribution in [-0.2, 0) is 11.3 Å². The van der Waals surface area contributed by atoms with Gasteiger partial charge in [0, 0.05) is 48.9 Å². The first-order chi connectivity index (χ1) is 14.8. The van der Waals surface area contributed by atoms with Gasteiger partial charge in [0.2, 0.25) is 5.91 Å². The number of benzene rings is 2. The minimum absolute atomic E-state index is 0.118. The highest BCUT2D eigenvalue weighted by atomic mass is 16.1. The van der Waals surface area contributed by atoms with Crippen molar-refractivity contribution in [1.82, 2.24) is 24.6 Å². The fourth-order valence-electron chi connectivity index (χ4n) is 3.16. The lowest BCUT2D eigenvalue weighted by Crippen LogP contribution is -2.22. The molecule has 0 aliphatic carbocycles. The van der Waals surface area contributed by atoms with Crippen molar-refractivity contribution in [2.75, 3.05) is 6.54 Å². The summed E-state index contributed by atoms with van der Waals surface area (Å²) < 4.78 is 3.83. The Balaban J connectivity index is 1.46. The van der Waals surface area contributed by atoms with Crippen LogP contribution in [-0.4, -0.2) is 31.8 Å². The molecule has 2 heterocycles. The second-order valence-electron chi connectivity index (χ2n) is 6.86. The predicted octanol–water partition coefficient (Wildman–Crippen LogP) is 3.96. The van der Waals surface area contributed by atoms with Crippen molar-refractivity contribution < 1.29 is 4.79 Å². The van der Waals surface area contributed by atoms with Gasteiger partial charge in [0.25, 0.3) is 0 Å². The van der Waals surface area contributed by atoms with Gasteiger partial charge in [0.15, 0.2) is 0 Å². The Bertz CT molecular complexity index is 1100. The standard InChI is InChI=1S/C24H23N5O/c30-23(26-14-7-16-28-17-15-25-19-28)13-12-21-18-29(22-10-5-2-6-11-22)27-24(21)20-8-3-1-4-9-20/h1-6,8-13,15,17-19H,7,14,16H2,(H,26,30)/b13-12+. The fraction of sp³-hybridized carbons (Fsp3) is 0.125. The molecule has 4 rings (SSSR count). The molecule has 0 spiro atoms. The van der Waals surface area contributed by atoms with E-state index in [-0.39, 0.29) is 5.91 Å². The smallest absolute Gasteiger partial charge is 0.244 e. The van der Waals surface area contributed by atoms with Gasteiger partial charge in [0.05, 0.1) is 17.7 Å². The SMILES string of the molecule is O=C(/C=C/c1cn(-c2ccccc2)nc1-c1ccccc1)NCCCn1ccnc1. The number of hydrogen-bond donors (Lipinski definition) is 1. The predicted molar refractivity (Wildman–Crippen MR) is 118 cm³/mol. The quantitative estimate of drug-likeness (QED) is 0.362. The van der Waals surface area contributed by atoms with Crippen molar-refractivity contribution >= 4 is 12.0 Å². The molecule has 0 aliphatic rings. The first-order valence-corrected chi connectivity index (χ1v) is 9.92. The van der Waals surface area contributed by atoms with E-state index in [1.54, 1.807) is 18.6 Å². The van der Waals surface area contributed by atoms with E-state index in [2.05, 4.69) is 10.3 Å². The summed E-state index contributed by atoms with van der Waals surface area (Å²) in [4.78, 5) is 16.3. The van der Waals surface area contributed by atoms with E-state index in [0.717, 1.165) is 35.5 Å². The molecule has 6 heteroatoms. The number of para-hydroxylation sites is 1. The number of imidazole rings is 1. The number of aromatic nitrogens is 4. The molecule has 0 fully saturated rings. The summed E-state index contributed by atoms with van der Waals surface area (Å²) in [5, 5.41) is 7.68. The Kier molecular flexibility index (Phi) is 6.15. The zero-order valence-electron chi connectivity index (χ0n) is 16.6. The summed E-state index contributed by atoms with van der Waals surface area (Å²) in [7, 11) is 0. The van der Waals surface area contributed by atoms with Gasteiger partial charge in [0.1, 0.15) is 0 Å². The average Bonchev–Trinajstić information content (AvgIpc) is 3.47. The first kappa shape index (κ1) is 19.4. The van der Waals surface area contributed by atoms with Crippen molar-refractivity contribution in [2.45, 2.75) is 13.0 Å². The molecule has 0 aliphatic heterocycles. The third kappa shape index (κ3) is 4.91. The van der Waals surface area contributed by atoms with E-state index in [1.807, 2.05) is 88.4 Å². The van der Waals surface area contributed by atoms with Crippen LogP contribution >= 0.6 is 0 Å². The molecular formula is C24H23N5O. The van der Waals surface area contributed by atoms with E-state index in [9.17, 15) is 4.79 Å². The zero-order chi connectivity index (χ0) is 20.6. The third-order valence-corrected chi connectivity index (χ3v) is 4.68. The summed E-state index contributed by atoms with van der Waals surface area (Å²) >= 11 is 0. The summed E-state index contributed by atoms with van der Waals surface area (Å²) in [5.74, 6) is -0.118. The maximum Gasteiger partial charge on any atom is 0.244 e. The Labute approximate surface area is 175 Å². The molecule has 2 aromatic carbocycles. The molecule has 150 valence electrons. The lowest BCUT2D eigenvalue weighted by atomic mass is 10.1. The van der Waals surface area contributed by atoms with Crippen molar-refractivity contribution in [3.8, 4) is 16.9 Å². The van der Waals surface area contributed by atoms with Crippen LogP contribution in [0.4, 0.5) is 0 Å². The maximum absolute atomic E-state index is 12.3. The van der Waals surface area contributed by atoms with Crippen molar-refractivity contribution in [2.24, 2.45) is 0 Å². The van der Waals surface area contributed by atoms with Gasteiger partial charge in [-0.15, -0.1) is 0 Å². The van der Waals surface area contributed by atoms with Crippen molar-refractivity contribution in [3.63, 3.8) is 0 Å². The van der Waals surface area contributed by atoms with E-state index >= 15 is 0 Å². The van der Waals surface area contributed by atoms with Crippen molar-refractivity contribution in [3.05, 3.63) is 97.2 Å². The fourth-order valence-corrected chi connectivity index (χ4v) is 3.16. The molecular weight excluding hydrogens is 374 g/mol. The molecule has 6 nitrogen and oxygen atoms in total. The van der Waals surface area contributed by atoms with Crippen LogP contribution in [0, 0.1) is 0 Å². The molecule has 30 heavy (non-hydrogen) atoms. The molecule has 1 N–H and O–H groups in total. The van der Waals surface area contributed by atoms with Crippen LogP contribution < -0.4 is 5.32 Å². The lowest BCUT2D eigenvalue weighted by Gasteiger charge is -2.03. The lowest BCUT2D eigenvalue weighted by molar-refractivity contribution is -0.116. The summed E-state index contributed by atoms with van der Waals surface area (Å²) in [5.41, 5.74) is 3.70. The largest absolute Gasteiger partial charge is 0.352 e. The highest BCUT2D eigenvalue weighted by molar-refractivity contribution is 5.92. The van der Waals surface area contributed by atoms with Crippen LogP contribution in [0.1, 0.15) is 12.0 Å². The van der Waals surface area contributed by atoms with E-state index < -0.39 is 0 Å². The third-order valence-electron chi connectivity index (χ3n) is 4.68. The molecule has 2 aromatic heterocycles. The number of nitrogens with one attached hydrogen (secondary N) is 1.